The zero-order valence-electron chi connectivity index (χ0n) is 11.1. The topological polar surface area (TPSA) is 78.4 Å². The minimum absolute atomic E-state index is 0.165. The molecule has 0 aliphatic rings. The lowest BCUT2D eigenvalue weighted by atomic mass is 10.0. The highest BCUT2D eigenvalue weighted by Crippen LogP contribution is 2.16. The Morgan fingerprint density at radius 3 is 2.60 bits per heavy atom. The Hall–Kier alpha value is -2.48. The van der Waals surface area contributed by atoms with Gasteiger partial charge in [-0.05, 0) is 12.0 Å². The number of amides is 2. The molecule has 1 atom stereocenters. The second-order valence-electron chi connectivity index (χ2n) is 4.27. The van der Waals surface area contributed by atoms with Crippen molar-refractivity contribution in [2.75, 3.05) is 6.54 Å². The van der Waals surface area contributed by atoms with Crippen LogP contribution in [0.25, 0.3) is 0 Å². The number of aliphatic carboxylic acids is 1. The Balaban J connectivity index is 2.55. The standard InChI is InChI=1S/C15H18N2O3/c1-2-3-7-10-16-15(20)17-13(11-14(18)19)12-8-5-4-6-9-12/h1,4-6,8-9,13H,3,7,10-11H2,(H,18,19)(H2,16,17,20). The minimum Gasteiger partial charge on any atom is -0.481 e. The first-order valence-electron chi connectivity index (χ1n) is 6.38. The number of terminal acetylenes is 1. The van der Waals surface area contributed by atoms with Crippen LogP contribution in [0.5, 0.6) is 0 Å². The highest BCUT2D eigenvalue weighted by Gasteiger charge is 2.17. The van der Waals surface area contributed by atoms with Crippen LogP contribution in [0.15, 0.2) is 30.3 Å². The first kappa shape index (κ1) is 15.6. The molecule has 1 rings (SSSR count). The molecule has 0 saturated carbocycles. The molecule has 5 nitrogen and oxygen atoms in total. The van der Waals surface area contributed by atoms with Gasteiger partial charge in [0.15, 0.2) is 0 Å². The number of nitrogens with one attached hydrogen (secondary N) is 2. The summed E-state index contributed by atoms with van der Waals surface area (Å²) in [5, 5.41) is 14.2. The average Bonchev–Trinajstić information content (AvgIpc) is 2.43. The fraction of sp³-hybridized carbons (Fsp3) is 0.333. The monoisotopic (exact) mass is 274 g/mol. The number of rotatable bonds is 7. The smallest absolute Gasteiger partial charge is 0.315 e. The minimum atomic E-state index is -0.966. The molecule has 20 heavy (non-hydrogen) atoms. The molecule has 0 spiro atoms. The van der Waals surface area contributed by atoms with E-state index in [9.17, 15) is 9.59 Å². The number of hydrogen-bond donors (Lipinski definition) is 3. The van der Waals surface area contributed by atoms with Gasteiger partial charge in [0.25, 0.3) is 0 Å². The first-order valence-corrected chi connectivity index (χ1v) is 6.38. The van der Waals surface area contributed by atoms with Crippen LogP contribution >= 0.6 is 0 Å². The molecule has 0 aliphatic heterocycles. The van der Waals surface area contributed by atoms with Crippen molar-refractivity contribution in [3.05, 3.63) is 35.9 Å². The Morgan fingerprint density at radius 1 is 1.30 bits per heavy atom. The van der Waals surface area contributed by atoms with Crippen molar-refractivity contribution in [3.8, 4) is 12.3 Å². The van der Waals surface area contributed by atoms with Gasteiger partial charge >= 0.3 is 12.0 Å². The average molecular weight is 274 g/mol. The Morgan fingerprint density at radius 2 is 2.00 bits per heavy atom. The number of carboxylic acids is 1. The van der Waals surface area contributed by atoms with E-state index in [2.05, 4.69) is 16.6 Å². The van der Waals surface area contributed by atoms with E-state index in [-0.39, 0.29) is 6.42 Å². The third kappa shape index (κ3) is 5.91. The lowest BCUT2D eigenvalue weighted by Crippen LogP contribution is -2.39. The van der Waals surface area contributed by atoms with Crippen molar-refractivity contribution >= 4 is 12.0 Å². The van der Waals surface area contributed by atoms with Gasteiger partial charge in [-0.25, -0.2) is 4.79 Å². The molecule has 0 fully saturated rings. The number of benzene rings is 1. The molecule has 0 saturated heterocycles. The van der Waals surface area contributed by atoms with Crippen LogP contribution in [0.4, 0.5) is 4.79 Å². The Labute approximate surface area is 118 Å². The number of carboxylic acid groups (broad SMARTS) is 1. The molecule has 3 N–H and O–H groups in total. The highest BCUT2D eigenvalue weighted by molar-refractivity contribution is 5.76. The Bertz CT molecular complexity index is 480. The van der Waals surface area contributed by atoms with E-state index >= 15 is 0 Å². The van der Waals surface area contributed by atoms with Crippen molar-refractivity contribution in [1.82, 2.24) is 10.6 Å². The van der Waals surface area contributed by atoms with Crippen LogP contribution in [0.3, 0.4) is 0 Å². The van der Waals surface area contributed by atoms with Crippen LogP contribution < -0.4 is 10.6 Å². The van der Waals surface area contributed by atoms with Gasteiger partial charge in [-0.2, -0.15) is 0 Å². The maximum Gasteiger partial charge on any atom is 0.315 e. The molecular weight excluding hydrogens is 256 g/mol. The summed E-state index contributed by atoms with van der Waals surface area (Å²) in [6.07, 6.45) is 6.24. The van der Waals surface area contributed by atoms with Gasteiger partial charge in [0.2, 0.25) is 0 Å². The SMILES string of the molecule is C#CCCCNC(=O)NC(CC(=O)O)c1ccccc1. The van der Waals surface area contributed by atoms with Gasteiger partial charge in [0.1, 0.15) is 0 Å². The maximum absolute atomic E-state index is 11.7. The zero-order valence-corrected chi connectivity index (χ0v) is 11.1. The summed E-state index contributed by atoms with van der Waals surface area (Å²) in [5.41, 5.74) is 0.758. The fourth-order valence-corrected chi connectivity index (χ4v) is 1.71. The van der Waals surface area contributed by atoms with Crippen molar-refractivity contribution in [3.63, 3.8) is 0 Å². The van der Waals surface area contributed by atoms with Crippen molar-refractivity contribution in [1.29, 1.82) is 0 Å². The molecule has 106 valence electrons. The van der Waals surface area contributed by atoms with Crippen LogP contribution in [0.1, 0.15) is 30.9 Å². The molecular formula is C15H18N2O3. The normalized spacial score (nSPS) is 11.2. The number of unbranched alkanes of at least 4 members (excludes halogenated alkanes) is 1. The van der Waals surface area contributed by atoms with E-state index in [0.717, 1.165) is 5.56 Å². The van der Waals surface area contributed by atoms with Crippen LogP contribution in [-0.2, 0) is 4.79 Å². The zero-order chi connectivity index (χ0) is 14.8. The summed E-state index contributed by atoms with van der Waals surface area (Å²) < 4.78 is 0. The second-order valence-corrected chi connectivity index (χ2v) is 4.27. The number of hydrogen-bond acceptors (Lipinski definition) is 2. The number of urea groups is 1. The molecule has 2 amide bonds. The second kappa shape index (κ2) is 8.59. The van der Waals surface area contributed by atoms with Crippen LogP contribution in [0, 0.1) is 12.3 Å². The van der Waals surface area contributed by atoms with Crippen LogP contribution in [0.2, 0.25) is 0 Å². The third-order valence-corrected chi connectivity index (χ3v) is 2.67. The predicted octanol–water partition coefficient (Wildman–Crippen LogP) is 1.92. The highest BCUT2D eigenvalue weighted by atomic mass is 16.4. The van der Waals surface area contributed by atoms with Crippen molar-refractivity contribution < 1.29 is 14.7 Å². The van der Waals surface area contributed by atoms with Gasteiger partial charge in [0, 0.05) is 13.0 Å². The number of carbonyl (C=O) groups is 2. The summed E-state index contributed by atoms with van der Waals surface area (Å²) in [6.45, 7) is 0.463. The van der Waals surface area contributed by atoms with Gasteiger partial charge < -0.3 is 15.7 Å². The van der Waals surface area contributed by atoms with E-state index in [4.69, 9.17) is 11.5 Å². The summed E-state index contributed by atoms with van der Waals surface area (Å²) in [5.74, 6) is 1.52. The quantitative estimate of drug-likeness (QED) is 0.525. The van der Waals surface area contributed by atoms with E-state index in [1.165, 1.54) is 0 Å². The summed E-state index contributed by atoms with van der Waals surface area (Å²) in [7, 11) is 0. The van der Waals surface area contributed by atoms with Gasteiger partial charge in [-0.15, -0.1) is 12.3 Å². The first-order chi connectivity index (χ1) is 9.63. The van der Waals surface area contributed by atoms with E-state index < -0.39 is 18.0 Å². The summed E-state index contributed by atoms with van der Waals surface area (Å²) in [4.78, 5) is 22.6. The molecule has 0 aromatic heterocycles. The molecule has 1 aromatic rings. The van der Waals surface area contributed by atoms with E-state index in [1.54, 1.807) is 24.3 Å². The molecule has 1 aromatic carbocycles. The molecule has 5 heteroatoms. The van der Waals surface area contributed by atoms with E-state index in [0.29, 0.717) is 19.4 Å². The summed E-state index contributed by atoms with van der Waals surface area (Å²) in [6, 6.07) is 8.06. The predicted molar refractivity (Wildman–Crippen MR) is 76.0 cm³/mol. The lowest BCUT2D eigenvalue weighted by Gasteiger charge is -2.17. The van der Waals surface area contributed by atoms with Gasteiger partial charge in [0.05, 0.1) is 12.5 Å². The molecule has 0 aliphatic carbocycles. The largest absolute Gasteiger partial charge is 0.481 e. The number of carbonyl (C=O) groups excluding carboxylic acids is 1. The van der Waals surface area contributed by atoms with Crippen molar-refractivity contribution in [2.24, 2.45) is 0 Å². The van der Waals surface area contributed by atoms with Gasteiger partial charge in [-0.3, -0.25) is 4.79 Å². The van der Waals surface area contributed by atoms with Gasteiger partial charge in [-0.1, -0.05) is 30.3 Å². The molecule has 0 heterocycles. The van der Waals surface area contributed by atoms with Crippen LogP contribution in [-0.4, -0.2) is 23.7 Å². The Kier molecular flexibility index (Phi) is 6.69. The fourth-order valence-electron chi connectivity index (χ4n) is 1.71. The van der Waals surface area contributed by atoms with Crippen molar-refractivity contribution in [2.45, 2.75) is 25.3 Å². The maximum atomic E-state index is 11.7. The van der Waals surface area contributed by atoms with E-state index in [1.807, 2.05) is 6.07 Å². The third-order valence-electron chi connectivity index (χ3n) is 2.67. The summed E-state index contributed by atoms with van der Waals surface area (Å²) >= 11 is 0. The lowest BCUT2D eigenvalue weighted by molar-refractivity contribution is -0.137. The molecule has 1 unspecified atom stereocenters. The molecule has 0 radical (unpaired) electrons. The molecule has 0 bridgehead atoms.